The Hall–Kier alpha value is -7.68. The third-order valence-corrected chi connectivity index (χ3v) is 13.2. The van der Waals surface area contributed by atoms with E-state index in [1.165, 1.54) is 60.7 Å². The van der Waals surface area contributed by atoms with E-state index < -0.39 is 0 Å². The van der Waals surface area contributed by atoms with Crippen LogP contribution in [-0.4, -0.2) is 0 Å². The lowest BCUT2D eigenvalue weighted by Gasteiger charge is -2.30. The zero-order chi connectivity index (χ0) is 42.3. The molecule has 302 valence electrons. The number of hydrogen-bond acceptors (Lipinski definition) is 2. The molecule has 0 heterocycles. The molecule has 0 aromatic heterocycles. The summed E-state index contributed by atoms with van der Waals surface area (Å²) in [5.74, 6) is 0. The van der Waals surface area contributed by atoms with E-state index in [0.717, 1.165) is 46.7 Å². The molecule has 0 unspecified atom stereocenters. The Bertz CT molecular complexity index is 3170. The molecule has 0 aliphatic heterocycles. The van der Waals surface area contributed by atoms with Gasteiger partial charge < -0.3 is 9.80 Å². The van der Waals surface area contributed by atoms with Crippen molar-refractivity contribution in [3.63, 3.8) is 0 Å². The number of anilines is 6. The van der Waals surface area contributed by atoms with Gasteiger partial charge in [-0.2, -0.15) is 0 Å². The van der Waals surface area contributed by atoms with Gasteiger partial charge in [-0.3, -0.25) is 0 Å². The van der Waals surface area contributed by atoms with Crippen molar-refractivity contribution in [2.45, 2.75) is 32.1 Å². The van der Waals surface area contributed by atoms with E-state index in [2.05, 4.69) is 254 Å². The van der Waals surface area contributed by atoms with Gasteiger partial charge in [-0.1, -0.05) is 183 Å². The van der Waals surface area contributed by atoms with Gasteiger partial charge in [-0.25, -0.2) is 0 Å². The molecule has 0 radical (unpaired) electrons. The van der Waals surface area contributed by atoms with Crippen LogP contribution in [-0.2, 0) is 5.41 Å². The van der Waals surface area contributed by atoms with E-state index >= 15 is 0 Å². The van der Waals surface area contributed by atoms with Crippen LogP contribution in [0.5, 0.6) is 0 Å². The summed E-state index contributed by atoms with van der Waals surface area (Å²) in [6.45, 7) is 4.82. The topological polar surface area (TPSA) is 6.48 Å². The number of allylic oxidation sites excluding steroid dienone is 4. The maximum atomic E-state index is 2.47. The molecule has 0 amide bonds. The number of benzene rings is 9. The second-order valence-corrected chi connectivity index (χ2v) is 17.3. The summed E-state index contributed by atoms with van der Waals surface area (Å²) in [5.41, 5.74) is 17.3. The normalized spacial score (nSPS) is 14.0. The maximum Gasteiger partial charge on any atom is 0.0546 e. The predicted molar refractivity (Wildman–Crippen MR) is 270 cm³/mol. The predicted octanol–water partition coefficient (Wildman–Crippen LogP) is 17.2. The molecule has 0 spiro atoms. The summed E-state index contributed by atoms with van der Waals surface area (Å²) in [4.78, 5) is 4.76. The van der Waals surface area contributed by atoms with E-state index in [0.29, 0.717) is 0 Å². The highest BCUT2D eigenvalue weighted by Gasteiger charge is 2.38. The minimum Gasteiger partial charge on any atom is -0.311 e. The van der Waals surface area contributed by atoms with Crippen molar-refractivity contribution in [3.8, 4) is 11.1 Å². The van der Waals surface area contributed by atoms with E-state index in [4.69, 9.17) is 0 Å². The summed E-state index contributed by atoms with van der Waals surface area (Å²) >= 11 is 0. The highest BCUT2D eigenvalue weighted by atomic mass is 15.1. The van der Waals surface area contributed by atoms with Crippen LogP contribution in [0.3, 0.4) is 0 Å². The van der Waals surface area contributed by atoms with Gasteiger partial charge in [0.25, 0.3) is 0 Å². The van der Waals surface area contributed by atoms with E-state index in [-0.39, 0.29) is 5.41 Å². The van der Waals surface area contributed by atoms with Gasteiger partial charge in [-0.05, 0) is 135 Å². The standard InChI is InChI=1S/C61H48N2/c1-61(2)58-24-14-13-22-55(58)56-40-39-52(42-59(56)61)63(60-41-47-15-9-10-20-53(47)54-21-11-12-23-57(54)60)51-35-29-44(30-36-51)26-25-43-27-31-45(32-28-43)46-33-37-50(38-34-46)62(48-16-5-3-6-17-48)49-18-7-4-8-19-49/h3-13,15-23,25-42H,14,24H2,1-2H3/b26-25+. The third kappa shape index (κ3) is 7.04. The van der Waals surface area contributed by atoms with Crippen LogP contribution < -0.4 is 9.80 Å². The second kappa shape index (κ2) is 16.0. The second-order valence-electron chi connectivity index (χ2n) is 17.3. The Morgan fingerprint density at radius 1 is 0.444 bits per heavy atom. The molecule has 63 heavy (non-hydrogen) atoms. The van der Waals surface area contributed by atoms with Gasteiger partial charge >= 0.3 is 0 Å². The molecule has 2 heteroatoms. The number of fused-ring (bicyclic) bond motifs is 5. The number of para-hydroxylation sites is 2. The smallest absolute Gasteiger partial charge is 0.0546 e. The average molecular weight is 809 g/mol. The van der Waals surface area contributed by atoms with Crippen LogP contribution in [0.15, 0.2) is 224 Å². The molecule has 2 aliphatic carbocycles. The maximum absolute atomic E-state index is 2.47. The van der Waals surface area contributed by atoms with Gasteiger partial charge in [0.05, 0.1) is 5.69 Å². The van der Waals surface area contributed by atoms with Crippen LogP contribution in [0.1, 0.15) is 48.9 Å². The van der Waals surface area contributed by atoms with Gasteiger partial charge in [-0.15, -0.1) is 0 Å². The molecule has 0 bridgehead atoms. The summed E-state index contributed by atoms with van der Waals surface area (Å²) in [5, 5.41) is 5.01. The Morgan fingerprint density at radius 2 is 0.952 bits per heavy atom. The minimum atomic E-state index is -0.0208. The first-order chi connectivity index (χ1) is 31.0. The first kappa shape index (κ1) is 38.3. The highest BCUT2D eigenvalue weighted by molar-refractivity contribution is 6.14. The van der Waals surface area contributed by atoms with Crippen molar-refractivity contribution in [2.75, 3.05) is 9.80 Å². The molecule has 2 aliphatic rings. The van der Waals surface area contributed by atoms with Gasteiger partial charge in [0.2, 0.25) is 0 Å². The molecule has 2 nitrogen and oxygen atoms in total. The lowest BCUT2D eigenvalue weighted by molar-refractivity contribution is 0.607. The van der Waals surface area contributed by atoms with Crippen LogP contribution in [0.2, 0.25) is 0 Å². The first-order valence-corrected chi connectivity index (χ1v) is 22.1. The monoisotopic (exact) mass is 808 g/mol. The summed E-state index contributed by atoms with van der Waals surface area (Å²) in [7, 11) is 0. The molecule has 9 aromatic carbocycles. The van der Waals surface area contributed by atoms with Crippen molar-refractivity contribution >= 4 is 73.4 Å². The highest BCUT2D eigenvalue weighted by Crippen LogP contribution is 2.52. The van der Waals surface area contributed by atoms with Crippen LogP contribution in [0, 0.1) is 0 Å². The Morgan fingerprint density at radius 3 is 1.62 bits per heavy atom. The van der Waals surface area contributed by atoms with Crippen LogP contribution in [0.4, 0.5) is 34.1 Å². The fourth-order valence-corrected chi connectivity index (χ4v) is 9.92. The fraction of sp³-hybridized carbons (Fsp3) is 0.0820. The molecule has 9 aromatic rings. The van der Waals surface area contributed by atoms with Gasteiger partial charge in [0, 0.05) is 39.2 Å². The summed E-state index contributed by atoms with van der Waals surface area (Å²) < 4.78 is 0. The Labute approximate surface area is 371 Å². The van der Waals surface area contributed by atoms with E-state index in [9.17, 15) is 0 Å². The van der Waals surface area contributed by atoms with Gasteiger partial charge in [0.1, 0.15) is 0 Å². The largest absolute Gasteiger partial charge is 0.311 e. The lowest BCUT2D eigenvalue weighted by Crippen LogP contribution is -2.19. The van der Waals surface area contributed by atoms with Crippen molar-refractivity contribution in [1.29, 1.82) is 0 Å². The van der Waals surface area contributed by atoms with E-state index in [1.807, 2.05) is 0 Å². The SMILES string of the molecule is CC1(C)C2=C(C=CCC2)c2ccc(N(c3ccc(/C=C/c4ccc(-c5ccc(N(c6ccccc6)c6ccccc6)cc5)cc4)cc3)c3cc4ccccc4c4ccccc34)cc21. The number of hydrogen-bond donors (Lipinski definition) is 0. The third-order valence-electron chi connectivity index (χ3n) is 13.2. The van der Waals surface area contributed by atoms with Crippen molar-refractivity contribution in [2.24, 2.45) is 0 Å². The summed E-state index contributed by atoms with van der Waals surface area (Å²) in [6.07, 6.45) is 11.4. The average Bonchev–Trinajstić information content (AvgIpc) is 3.57. The molecule has 0 saturated carbocycles. The Kier molecular flexibility index (Phi) is 9.70. The quantitative estimate of drug-likeness (QED) is 0.106. The number of rotatable bonds is 9. The molecule has 0 atom stereocenters. The van der Waals surface area contributed by atoms with Crippen molar-refractivity contribution in [3.05, 3.63) is 246 Å². The molecular weight excluding hydrogens is 761 g/mol. The molecule has 0 fully saturated rings. The van der Waals surface area contributed by atoms with Crippen molar-refractivity contribution < 1.29 is 0 Å². The number of nitrogens with zero attached hydrogens (tertiary/aromatic N) is 2. The minimum absolute atomic E-state index is 0.0208. The molecular formula is C61H48N2. The first-order valence-electron chi connectivity index (χ1n) is 22.1. The van der Waals surface area contributed by atoms with Crippen molar-refractivity contribution in [1.82, 2.24) is 0 Å². The van der Waals surface area contributed by atoms with E-state index in [1.54, 1.807) is 5.57 Å². The Balaban J connectivity index is 0.888. The fourth-order valence-electron chi connectivity index (χ4n) is 9.92. The lowest BCUT2D eigenvalue weighted by atomic mass is 9.78. The summed E-state index contributed by atoms with van der Waals surface area (Å²) in [6, 6.07) is 75.0. The molecule has 11 rings (SSSR count). The zero-order valence-electron chi connectivity index (χ0n) is 35.7. The van der Waals surface area contributed by atoms with Crippen LogP contribution >= 0.6 is 0 Å². The molecule has 0 N–H and O–H groups in total. The van der Waals surface area contributed by atoms with Gasteiger partial charge in [0.15, 0.2) is 0 Å². The van der Waals surface area contributed by atoms with Crippen LogP contribution in [0.25, 0.3) is 50.4 Å². The molecule has 0 saturated heterocycles. The zero-order valence-corrected chi connectivity index (χ0v) is 35.7.